The number of phenols is 2. The highest BCUT2D eigenvalue weighted by Gasteiger charge is 2.30. The summed E-state index contributed by atoms with van der Waals surface area (Å²) in [5.41, 5.74) is 6.97. The van der Waals surface area contributed by atoms with Crippen LogP contribution in [0.15, 0.2) is 64.9 Å². The molecule has 8 nitrogen and oxygen atoms in total. The van der Waals surface area contributed by atoms with Gasteiger partial charge in [0, 0.05) is 11.8 Å². The number of amides is 2. The molecule has 4 N–H and O–H groups in total. The molecular formula is C19H18N4O4. The summed E-state index contributed by atoms with van der Waals surface area (Å²) in [4.78, 5) is 24.9. The van der Waals surface area contributed by atoms with E-state index in [1.807, 2.05) is 18.2 Å². The molecule has 0 aromatic heterocycles. The van der Waals surface area contributed by atoms with E-state index in [2.05, 4.69) is 16.0 Å². The number of aromatic hydroxyl groups is 2. The summed E-state index contributed by atoms with van der Waals surface area (Å²) in [6, 6.07) is 12.7. The molecule has 0 saturated heterocycles. The fraction of sp³-hybridized carbons (Fsp3) is 0.105. The van der Waals surface area contributed by atoms with Gasteiger partial charge in [-0.3, -0.25) is 15.0 Å². The third-order valence-electron chi connectivity index (χ3n) is 3.98. The Morgan fingerprint density at radius 1 is 1.07 bits per heavy atom. The van der Waals surface area contributed by atoms with Crippen LogP contribution in [0.1, 0.15) is 24.2 Å². The van der Waals surface area contributed by atoms with Gasteiger partial charge in [-0.05, 0) is 38.1 Å². The molecule has 0 fully saturated rings. The zero-order valence-corrected chi connectivity index (χ0v) is 14.7. The molecule has 1 aliphatic rings. The Kier molecular flexibility index (Phi) is 4.80. The van der Waals surface area contributed by atoms with Crippen LogP contribution in [0.2, 0.25) is 0 Å². The fourth-order valence-electron chi connectivity index (χ4n) is 2.67. The number of nitrogens with one attached hydrogen (secondary N) is 2. The van der Waals surface area contributed by atoms with E-state index in [0.29, 0.717) is 22.7 Å². The predicted molar refractivity (Wildman–Crippen MR) is 100 cm³/mol. The van der Waals surface area contributed by atoms with Gasteiger partial charge in [0.25, 0.3) is 11.8 Å². The van der Waals surface area contributed by atoms with Crippen LogP contribution >= 0.6 is 0 Å². The highest BCUT2D eigenvalue weighted by molar-refractivity contribution is 6.30. The summed E-state index contributed by atoms with van der Waals surface area (Å²) in [5, 5.41) is 24.6. The van der Waals surface area contributed by atoms with E-state index in [1.165, 1.54) is 17.1 Å². The molecule has 0 radical (unpaired) electrons. The van der Waals surface area contributed by atoms with Crippen molar-refractivity contribution in [2.45, 2.75) is 13.8 Å². The summed E-state index contributed by atoms with van der Waals surface area (Å²) in [7, 11) is 0. The maximum absolute atomic E-state index is 12.7. The summed E-state index contributed by atoms with van der Waals surface area (Å²) >= 11 is 0. The molecule has 2 amide bonds. The standard InChI is InChI=1S/C19H18N4O4/c1-11(20-21-18(26)15-9-8-14(24)10-16(15)25)17-12(2)22-23(19(17)27)13-6-4-3-5-7-13/h3-10,20,24-25H,1-2H3,(H,21,26)/b17-11-. The van der Waals surface area contributed by atoms with E-state index < -0.39 is 5.91 Å². The smallest absolute Gasteiger partial charge is 0.282 e. The molecule has 0 bridgehead atoms. The third-order valence-corrected chi connectivity index (χ3v) is 3.98. The zero-order chi connectivity index (χ0) is 19.6. The number of nitrogens with zero attached hydrogens (tertiary/aromatic N) is 2. The van der Waals surface area contributed by atoms with Crippen LogP contribution in [-0.2, 0) is 4.79 Å². The van der Waals surface area contributed by atoms with Crippen LogP contribution < -0.4 is 15.9 Å². The minimum absolute atomic E-state index is 0.0212. The Labute approximate surface area is 155 Å². The van der Waals surface area contributed by atoms with E-state index in [9.17, 15) is 19.8 Å². The number of carbonyl (C=O) groups is 2. The van der Waals surface area contributed by atoms with Crippen LogP contribution in [-0.4, -0.2) is 27.7 Å². The van der Waals surface area contributed by atoms with Crippen LogP contribution in [0.4, 0.5) is 5.69 Å². The fourth-order valence-corrected chi connectivity index (χ4v) is 2.67. The minimum atomic E-state index is -0.618. The lowest BCUT2D eigenvalue weighted by Gasteiger charge is -2.14. The van der Waals surface area contributed by atoms with Gasteiger partial charge in [0.05, 0.1) is 22.5 Å². The normalized spacial score (nSPS) is 15.4. The van der Waals surface area contributed by atoms with Crippen LogP contribution in [0.5, 0.6) is 11.5 Å². The summed E-state index contributed by atoms with van der Waals surface area (Å²) in [5.74, 6) is -1.44. The Balaban J connectivity index is 1.75. The Morgan fingerprint density at radius 3 is 2.44 bits per heavy atom. The number of phenolic OH excluding ortho intramolecular Hbond substituents is 2. The van der Waals surface area contributed by atoms with Crippen molar-refractivity contribution in [2.24, 2.45) is 5.10 Å². The molecule has 3 rings (SSSR count). The Bertz CT molecular complexity index is 967. The van der Waals surface area contributed by atoms with Gasteiger partial charge in [-0.1, -0.05) is 18.2 Å². The Hall–Kier alpha value is -3.81. The topological polar surface area (TPSA) is 114 Å². The molecule has 27 heavy (non-hydrogen) atoms. The largest absolute Gasteiger partial charge is 0.508 e. The summed E-state index contributed by atoms with van der Waals surface area (Å²) < 4.78 is 0. The molecular weight excluding hydrogens is 348 g/mol. The van der Waals surface area contributed by atoms with Crippen molar-refractivity contribution in [2.75, 3.05) is 5.01 Å². The van der Waals surface area contributed by atoms with E-state index in [0.717, 1.165) is 6.07 Å². The SMILES string of the molecule is CC1=NN(c2ccccc2)C(=O)/C1=C(/C)NNC(=O)c1ccc(O)cc1O. The van der Waals surface area contributed by atoms with Gasteiger partial charge in [0.15, 0.2) is 0 Å². The number of allylic oxidation sites excluding steroid dienone is 1. The van der Waals surface area contributed by atoms with Crippen LogP contribution in [0.25, 0.3) is 0 Å². The van der Waals surface area contributed by atoms with Gasteiger partial charge in [0.1, 0.15) is 11.5 Å². The van der Waals surface area contributed by atoms with Crippen molar-refractivity contribution < 1.29 is 19.8 Å². The molecule has 0 spiro atoms. The number of hydrazine groups is 1. The van der Waals surface area contributed by atoms with Gasteiger partial charge in [-0.2, -0.15) is 10.1 Å². The average Bonchev–Trinajstić information content (AvgIpc) is 2.94. The number of benzene rings is 2. The quantitative estimate of drug-likeness (QED) is 0.488. The number of rotatable bonds is 4. The van der Waals surface area contributed by atoms with Gasteiger partial charge >= 0.3 is 0 Å². The molecule has 2 aromatic rings. The van der Waals surface area contributed by atoms with E-state index >= 15 is 0 Å². The first kappa shape index (κ1) is 18.0. The van der Waals surface area contributed by atoms with E-state index in [-0.39, 0.29) is 23.0 Å². The van der Waals surface area contributed by atoms with Crippen LogP contribution in [0.3, 0.4) is 0 Å². The number of para-hydroxylation sites is 1. The first-order valence-corrected chi connectivity index (χ1v) is 8.12. The van der Waals surface area contributed by atoms with Crippen LogP contribution in [0, 0.1) is 0 Å². The van der Waals surface area contributed by atoms with Crippen molar-refractivity contribution in [1.82, 2.24) is 10.9 Å². The van der Waals surface area contributed by atoms with Gasteiger partial charge < -0.3 is 15.6 Å². The molecule has 2 aromatic carbocycles. The molecule has 8 heteroatoms. The molecule has 1 heterocycles. The number of carbonyl (C=O) groups excluding carboxylic acids is 2. The second-order valence-electron chi connectivity index (χ2n) is 5.92. The van der Waals surface area contributed by atoms with Crippen molar-refractivity contribution in [3.8, 4) is 11.5 Å². The minimum Gasteiger partial charge on any atom is -0.508 e. The molecule has 0 unspecified atom stereocenters. The second kappa shape index (κ2) is 7.20. The van der Waals surface area contributed by atoms with Crippen molar-refractivity contribution >= 4 is 23.2 Å². The second-order valence-corrected chi connectivity index (χ2v) is 5.92. The summed E-state index contributed by atoms with van der Waals surface area (Å²) in [6.07, 6.45) is 0. The molecule has 0 atom stereocenters. The lowest BCUT2D eigenvalue weighted by molar-refractivity contribution is -0.114. The monoisotopic (exact) mass is 366 g/mol. The average molecular weight is 366 g/mol. The highest BCUT2D eigenvalue weighted by Crippen LogP contribution is 2.25. The number of hydrogen-bond acceptors (Lipinski definition) is 6. The zero-order valence-electron chi connectivity index (χ0n) is 14.7. The van der Waals surface area contributed by atoms with Crippen molar-refractivity contribution in [1.29, 1.82) is 0 Å². The third kappa shape index (κ3) is 3.59. The molecule has 138 valence electrons. The number of hydrogen-bond donors (Lipinski definition) is 4. The maximum atomic E-state index is 12.7. The number of hydrazone groups is 1. The van der Waals surface area contributed by atoms with E-state index in [4.69, 9.17) is 0 Å². The Morgan fingerprint density at radius 2 is 1.78 bits per heavy atom. The molecule has 0 saturated carbocycles. The van der Waals surface area contributed by atoms with Crippen molar-refractivity contribution in [3.63, 3.8) is 0 Å². The number of anilines is 1. The first-order valence-electron chi connectivity index (χ1n) is 8.12. The predicted octanol–water partition coefficient (Wildman–Crippen LogP) is 2.03. The molecule has 1 aliphatic heterocycles. The lowest BCUT2D eigenvalue weighted by atomic mass is 10.1. The maximum Gasteiger partial charge on any atom is 0.282 e. The van der Waals surface area contributed by atoms with Crippen molar-refractivity contribution in [3.05, 3.63) is 65.4 Å². The van der Waals surface area contributed by atoms with E-state index in [1.54, 1.807) is 26.0 Å². The van der Waals surface area contributed by atoms with Gasteiger partial charge in [-0.15, -0.1) is 0 Å². The highest BCUT2D eigenvalue weighted by atomic mass is 16.3. The lowest BCUT2D eigenvalue weighted by Crippen LogP contribution is -2.37. The molecule has 0 aliphatic carbocycles. The van der Waals surface area contributed by atoms with Gasteiger partial charge in [0.2, 0.25) is 0 Å². The first-order chi connectivity index (χ1) is 12.9. The van der Waals surface area contributed by atoms with Gasteiger partial charge in [-0.25, -0.2) is 0 Å². The summed E-state index contributed by atoms with van der Waals surface area (Å²) in [6.45, 7) is 3.34.